The second-order valence-electron chi connectivity index (χ2n) is 4.04. The highest BCUT2D eigenvalue weighted by atomic mass is 35.6. The molecule has 1 aliphatic rings. The van der Waals surface area contributed by atoms with Gasteiger partial charge in [0.05, 0.1) is 0 Å². The molecular formula is C10H12Cl3NO6. The van der Waals surface area contributed by atoms with Crippen molar-refractivity contribution in [1.82, 2.24) is 5.32 Å². The average molecular weight is 349 g/mol. The molecule has 1 saturated heterocycles. The van der Waals surface area contributed by atoms with Crippen LogP contribution in [-0.4, -0.2) is 40.8 Å². The van der Waals surface area contributed by atoms with Crippen LogP contribution in [0.4, 0.5) is 4.79 Å². The monoisotopic (exact) mass is 347 g/mol. The molecule has 0 spiro atoms. The normalized spacial score (nSPS) is 23.1. The molecule has 0 aromatic rings. The van der Waals surface area contributed by atoms with Gasteiger partial charge in [-0.15, -0.1) is 0 Å². The summed E-state index contributed by atoms with van der Waals surface area (Å²) in [7, 11) is 0. The van der Waals surface area contributed by atoms with Crippen molar-refractivity contribution in [2.75, 3.05) is 6.61 Å². The van der Waals surface area contributed by atoms with E-state index in [0.29, 0.717) is 0 Å². The van der Waals surface area contributed by atoms with Crippen LogP contribution in [-0.2, 0) is 23.8 Å². The molecule has 2 unspecified atom stereocenters. The van der Waals surface area contributed by atoms with E-state index in [1.54, 1.807) is 0 Å². The summed E-state index contributed by atoms with van der Waals surface area (Å²) in [6, 6.07) is 0. The summed E-state index contributed by atoms with van der Waals surface area (Å²) < 4.78 is 12.5. The average Bonchev–Trinajstić information content (AvgIpc) is 2.23. The molecule has 1 aliphatic heterocycles. The van der Waals surface area contributed by atoms with Crippen molar-refractivity contribution in [3.63, 3.8) is 0 Å². The van der Waals surface area contributed by atoms with Crippen LogP contribution in [0.25, 0.3) is 0 Å². The van der Waals surface area contributed by atoms with Gasteiger partial charge in [-0.1, -0.05) is 34.8 Å². The molecule has 0 aromatic carbocycles. The highest BCUT2D eigenvalue weighted by molar-refractivity contribution is 6.67. The van der Waals surface area contributed by atoms with E-state index in [1.165, 1.54) is 13.8 Å². The maximum absolute atomic E-state index is 11.4. The van der Waals surface area contributed by atoms with Crippen LogP contribution in [0, 0.1) is 5.92 Å². The Morgan fingerprint density at radius 2 is 2.00 bits per heavy atom. The van der Waals surface area contributed by atoms with Gasteiger partial charge in [0.2, 0.25) is 9.70 Å². The Hall–Kier alpha value is -0.920. The van der Waals surface area contributed by atoms with E-state index < -0.39 is 46.7 Å². The maximum Gasteiger partial charge on any atom is 0.508 e. The molecule has 10 heteroatoms. The van der Waals surface area contributed by atoms with Crippen molar-refractivity contribution < 1.29 is 28.6 Å². The first-order valence-electron chi connectivity index (χ1n) is 5.48. The molecule has 0 aliphatic carbocycles. The smallest absolute Gasteiger partial charge is 0.441 e. The number of carbonyl (C=O) groups excluding carboxylic acids is 3. The Labute approximate surface area is 129 Å². The summed E-state index contributed by atoms with van der Waals surface area (Å²) >= 11 is 16.2. The zero-order chi connectivity index (χ0) is 15.5. The fourth-order valence-corrected chi connectivity index (χ4v) is 1.67. The van der Waals surface area contributed by atoms with Gasteiger partial charge in [0.1, 0.15) is 18.6 Å². The van der Waals surface area contributed by atoms with Crippen molar-refractivity contribution in [2.24, 2.45) is 5.92 Å². The number of nitrogens with one attached hydrogen (secondary N) is 1. The number of amides is 1. The number of carbonyl (C=O) groups is 3. The lowest BCUT2D eigenvalue weighted by Crippen LogP contribution is -2.63. The number of esters is 1. The highest BCUT2D eigenvalue weighted by Crippen LogP contribution is 2.27. The molecule has 7 nitrogen and oxygen atoms in total. The van der Waals surface area contributed by atoms with E-state index in [2.05, 4.69) is 10.1 Å². The Balaban J connectivity index is 2.44. The lowest BCUT2D eigenvalue weighted by Gasteiger charge is -2.38. The molecule has 1 N–H and O–H groups in total. The van der Waals surface area contributed by atoms with E-state index >= 15 is 0 Å². The zero-order valence-electron chi connectivity index (χ0n) is 10.5. The summed E-state index contributed by atoms with van der Waals surface area (Å²) in [5.41, 5.74) is 0. The maximum atomic E-state index is 11.4. The summed E-state index contributed by atoms with van der Waals surface area (Å²) in [6.07, 6.45) is -2.79. The number of hydrogen-bond donors (Lipinski definition) is 1. The topological polar surface area (TPSA) is 90.9 Å². The largest absolute Gasteiger partial charge is 0.508 e. The van der Waals surface area contributed by atoms with Gasteiger partial charge in [-0.3, -0.25) is 9.59 Å². The van der Waals surface area contributed by atoms with Crippen molar-refractivity contribution in [3.05, 3.63) is 0 Å². The van der Waals surface area contributed by atoms with Gasteiger partial charge in [-0.25, -0.2) is 4.79 Å². The third-order valence-electron chi connectivity index (χ3n) is 2.35. The number of alkyl halides is 3. The quantitative estimate of drug-likeness (QED) is 0.471. The van der Waals surface area contributed by atoms with Crippen molar-refractivity contribution >= 4 is 52.8 Å². The first-order valence-corrected chi connectivity index (χ1v) is 6.61. The third-order valence-corrected chi connectivity index (χ3v) is 2.68. The second kappa shape index (κ2) is 6.69. The SMILES string of the molecule is CC(=O)OC1NC(=O)C1[C@@H](C)OC(=O)OCC(Cl)(Cl)Cl. The van der Waals surface area contributed by atoms with E-state index in [4.69, 9.17) is 44.3 Å². The Bertz CT molecular complexity index is 410. The van der Waals surface area contributed by atoms with Crippen LogP contribution in [0.1, 0.15) is 13.8 Å². The lowest BCUT2D eigenvalue weighted by molar-refractivity contribution is -0.174. The molecule has 0 bridgehead atoms. The van der Waals surface area contributed by atoms with Gasteiger partial charge in [-0.2, -0.15) is 0 Å². The summed E-state index contributed by atoms with van der Waals surface area (Å²) in [6.45, 7) is 2.16. The van der Waals surface area contributed by atoms with E-state index in [9.17, 15) is 14.4 Å². The van der Waals surface area contributed by atoms with Crippen molar-refractivity contribution in [1.29, 1.82) is 0 Å². The van der Waals surface area contributed by atoms with Gasteiger partial charge in [-0.05, 0) is 6.92 Å². The van der Waals surface area contributed by atoms with E-state index in [-0.39, 0.29) is 0 Å². The molecule has 3 atom stereocenters. The highest BCUT2D eigenvalue weighted by Gasteiger charge is 2.47. The third kappa shape index (κ3) is 5.22. The van der Waals surface area contributed by atoms with Crippen LogP contribution in [0.15, 0.2) is 0 Å². The zero-order valence-corrected chi connectivity index (χ0v) is 12.8. The van der Waals surface area contributed by atoms with Gasteiger partial charge in [0.25, 0.3) is 0 Å². The van der Waals surface area contributed by atoms with Gasteiger partial charge in [0.15, 0.2) is 6.23 Å². The molecule has 0 aromatic heterocycles. The summed E-state index contributed by atoms with van der Waals surface area (Å²) in [5.74, 6) is -1.77. The number of ether oxygens (including phenoxy) is 3. The van der Waals surface area contributed by atoms with Crippen LogP contribution in [0.2, 0.25) is 0 Å². The Morgan fingerprint density at radius 1 is 1.40 bits per heavy atom. The van der Waals surface area contributed by atoms with Gasteiger partial charge < -0.3 is 19.5 Å². The number of β-lactam (4-membered cyclic amide) rings is 1. The molecular weight excluding hydrogens is 336 g/mol. The molecule has 1 fully saturated rings. The molecule has 1 rings (SSSR count). The van der Waals surface area contributed by atoms with E-state index in [0.717, 1.165) is 0 Å². The minimum atomic E-state index is -1.75. The standard InChI is InChI=1S/C10H12Cl3NO6/c1-4(19-9(17)18-3-10(11,12)13)6-7(16)14-8(6)20-5(2)15/h4,6,8H,3H2,1-2H3,(H,14,16)/t4-,6?,8?/m1/s1. The summed E-state index contributed by atoms with van der Waals surface area (Å²) in [4.78, 5) is 33.5. The Morgan fingerprint density at radius 3 is 2.45 bits per heavy atom. The first-order chi connectivity index (χ1) is 9.10. The molecule has 114 valence electrons. The first kappa shape index (κ1) is 17.1. The lowest BCUT2D eigenvalue weighted by atomic mass is 9.93. The molecule has 0 saturated carbocycles. The number of rotatable bonds is 4. The van der Waals surface area contributed by atoms with E-state index in [1.807, 2.05) is 0 Å². The van der Waals surface area contributed by atoms with Crippen molar-refractivity contribution in [2.45, 2.75) is 30.0 Å². The fraction of sp³-hybridized carbons (Fsp3) is 0.700. The molecule has 1 amide bonds. The summed E-state index contributed by atoms with van der Waals surface area (Å²) in [5, 5.41) is 2.36. The van der Waals surface area contributed by atoms with Crippen molar-refractivity contribution in [3.8, 4) is 0 Å². The predicted molar refractivity (Wildman–Crippen MR) is 69.4 cm³/mol. The molecule has 1 heterocycles. The molecule has 20 heavy (non-hydrogen) atoms. The minimum Gasteiger partial charge on any atom is -0.441 e. The second-order valence-corrected chi connectivity index (χ2v) is 6.56. The Kier molecular flexibility index (Phi) is 5.73. The fourth-order valence-electron chi connectivity index (χ4n) is 1.51. The van der Waals surface area contributed by atoms with Crippen LogP contribution >= 0.6 is 34.8 Å². The number of halogens is 3. The van der Waals surface area contributed by atoms with Gasteiger partial charge >= 0.3 is 12.1 Å². The minimum absolute atomic E-state index is 0.405. The van der Waals surface area contributed by atoms with Gasteiger partial charge in [0, 0.05) is 6.92 Å². The number of hydrogen-bond acceptors (Lipinski definition) is 6. The predicted octanol–water partition coefficient (Wildman–Crippen LogP) is 1.53. The van der Waals surface area contributed by atoms with Crippen LogP contribution < -0.4 is 5.32 Å². The van der Waals surface area contributed by atoms with Crippen LogP contribution in [0.5, 0.6) is 0 Å². The van der Waals surface area contributed by atoms with Crippen LogP contribution in [0.3, 0.4) is 0 Å². The molecule has 0 radical (unpaired) electrons.